The molecular weight excluding hydrogens is 312 g/mol. The number of hydrogen-bond acceptors (Lipinski definition) is 6. The van der Waals surface area contributed by atoms with Gasteiger partial charge in [-0.2, -0.15) is 0 Å². The van der Waals surface area contributed by atoms with E-state index in [2.05, 4.69) is 0 Å². The highest BCUT2D eigenvalue weighted by Gasteiger charge is 2.31. The van der Waals surface area contributed by atoms with Gasteiger partial charge in [-0.15, -0.1) is 0 Å². The fraction of sp³-hybridized carbons (Fsp3) is 0.222. The first kappa shape index (κ1) is 15.9. The number of phenolic OH excluding ortho intramolecular Hbond substituents is 4. The molecular formula is C18H16O6. The summed E-state index contributed by atoms with van der Waals surface area (Å²) in [6, 6.07) is 0. The molecule has 24 heavy (non-hydrogen) atoms. The number of carbonyl (C=O) groups is 2. The van der Waals surface area contributed by atoms with Gasteiger partial charge in [-0.1, -0.05) is 0 Å². The molecule has 0 radical (unpaired) electrons. The van der Waals surface area contributed by atoms with Crippen molar-refractivity contribution in [3.63, 3.8) is 0 Å². The number of hydrogen-bond donors (Lipinski definition) is 4. The van der Waals surface area contributed by atoms with Gasteiger partial charge in [0, 0.05) is 11.1 Å². The molecule has 0 aromatic heterocycles. The van der Waals surface area contributed by atoms with Crippen LogP contribution >= 0.6 is 0 Å². The summed E-state index contributed by atoms with van der Waals surface area (Å²) in [5.41, 5.74) is 2.80. The minimum Gasteiger partial charge on any atom is -0.504 e. The van der Waals surface area contributed by atoms with E-state index in [1.807, 2.05) is 0 Å². The smallest absolute Gasteiger partial charge is 0.168 e. The molecule has 0 amide bonds. The molecule has 0 saturated carbocycles. The van der Waals surface area contributed by atoms with E-state index in [1.54, 1.807) is 13.8 Å². The second-order valence-electron chi connectivity index (χ2n) is 5.91. The summed E-state index contributed by atoms with van der Waals surface area (Å²) in [7, 11) is 0. The highest BCUT2D eigenvalue weighted by molar-refractivity contribution is 5.97. The molecule has 0 bridgehead atoms. The Morgan fingerprint density at radius 3 is 1.29 bits per heavy atom. The molecule has 3 rings (SSSR count). The van der Waals surface area contributed by atoms with Gasteiger partial charge in [0.2, 0.25) is 0 Å². The summed E-state index contributed by atoms with van der Waals surface area (Å²) in [4.78, 5) is 22.8. The fourth-order valence-corrected chi connectivity index (χ4v) is 3.55. The van der Waals surface area contributed by atoms with Crippen molar-refractivity contribution in [2.75, 3.05) is 0 Å². The maximum Gasteiger partial charge on any atom is 0.168 e. The third-order valence-electron chi connectivity index (χ3n) is 4.78. The van der Waals surface area contributed by atoms with Crippen molar-refractivity contribution in [1.82, 2.24) is 0 Å². The zero-order valence-corrected chi connectivity index (χ0v) is 13.2. The van der Waals surface area contributed by atoms with E-state index in [0.29, 0.717) is 58.8 Å². The average Bonchev–Trinajstić information content (AvgIpc) is 2.58. The van der Waals surface area contributed by atoms with Gasteiger partial charge >= 0.3 is 0 Å². The number of carbonyl (C=O) groups excluding carboxylic acids is 2. The third kappa shape index (κ3) is 1.83. The van der Waals surface area contributed by atoms with E-state index < -0.39 is 23.0 Å². The monoisotopic (exact) mass is 328 g/mol. The van der Waals surface area contributed by atoms with E-state index >= 15 is 0 Å². The van der Waals surface area contributed by atoms with Crippen LogP contribution in [0.1, 0.15) is 43.0 Å². The molecule has 124 valence electrons. The standard InChI is InChI=1S/C18H16O6/c1-7-13-9(11(5-19)17(23)15(7)21)3-4-10-12(6-20)18(24)16(22)8(2)14(10)13/h5-6,21-24H,3-4H2,1-2H3. The van der Waals surface area contributed by atoms with Gasteiger partial charge in [0.05, 0.1) is 11.1 Å². The Balaban J connectivity index is 2.54. The molecule has 2 aromatic carbocycles. The van der Waals surface area contributed by atoms with Gasteiger partial charge in [0.1, 0.15) is 0 Å². The largest absolute Gasteiger partial charge is 0.504 e. The maximum absolute atomic E-state index is 11.4. The number of rotatable bonds is 2. The Bertz CT molecular complexity index is 836. The minimum atomic E-state index is -0.471. The summed E-state index contributed by atoms with van der Waals surface area (Å²) in [5, 5.41) is 40.4. The Labute approximate surface area is 137 Å². The molecule has 0 fully saturated rings. The first-order valence-corrected chi connectivity index (χ1v) is 7.40. The number of benzene rings is 2. The molecule has 4 N–H and O–H groups in total. The van der Waals surface area contributed by atoms with Gasteiger partial charge in [-0.25, -0.2) is 0 Å². The van der Waals surface area contributed by atoms with Crippen LogP contribution < -0.4 is 0 Å². The molecule has 2 aromatic rings. The molecule has 0 aliphatic heterocycles. The lowest BCUT2D eigenvalue weighted by Gasteiger charge is -2.28. The third-order valence-corrected chi connectivity index (χ3v) is 4.78. The number of aromatic hydroxyl groups is 4. The number of fused-ring (bicyclic) bond motifs is 3. The van der Waals surface area contributed by atoms with Gasteiger partial charge in [0.25, 0.3) is 0 Å². The lowest BCUT2D eigenvalue weighted by atomic mass is 9.76. The quantitative estimate of drug-likeness (QED) is 0.497. The van der Waals surface area contributed by atoms with Crippen molar-refractivity contribution < 1.29 is 30.0 Å². The zero-order valence-electron chi connectivity index (χ0n) is 13.2. The van der Waals surface area contributed by atoms with Gasteiger partial charge in [-0.3, -0.25) is 9.59 Å². The highest BCUT2D eigenvalue weighted by atomic mass is 16.3. The van der Waals surface area contributed by atoms with Gasteiger partial charge in [0.15, 0.2) is 35.6 Å². The number of phenols is 4. The first-order chi connectivity index (χ1) is 11.3. The van der Waals surface area contributed by atoms with Crippen LogP contribution in [0.2, 0.25) is 0 Å². The molecule has 0 atom stereocenters. The predicted octanol–water partition coefficient (Wildman–Crippen LogP) is 2.52. The van der Waals surface area contributed by atoms with Crippen molar-refractivity contribution in [2.45, 2.75) is 26.7 Å². The first-order valence-electron chi connectivity index (χ1n) is 7.40. The SMILES string of the molecule is Cc1c(O)c(O)c(C=O)c2c1-c1c(C)c(O)c(O)c(C=O)c1CC2. The molecule has 1 aliphatic carbocycles. The molecule has 1 aliphatic rings. The minimum absolute atomic E-state index is 0.00151. The van der Waals surface area contributed by atoms with Crippen molar-refractivity contribution in [1.29, 1.82) is 0 Å². The lowest BCUT2D eigenvalue weighted by Crippen LogP contribution is -2.13. The van der Waals surface area contributed by atoms with Crippen LogP contribution in [0.5, 0.6) is 23.0 Å². The zero-order chi connectivity index (χ0) is 17.8. The second-order valence-corrected chi connectivity index (χ2v) is 5.91. The van der Waals surface area contributed by atoms with Crippen molar-refractivity contribution in [2.24, 2.45) is 0 Å². The Hall–Kier alpha value is -3.02. The van der Waals surface area contributed by atoms with Crippen molar-refractivity contribution in [3.8, 4) is 34.1 Å². The van der Waals surface area contributed by atoms with E-state index in [4.69, 9.17) is 0 Å². The van der Waals surface area contributed by atoms with Gasteiger partial charge < -0.3 is 20.4 Å². The second kappa shape index (κ2) is 5.26. The van der Waals surface area contributed by atoms with Crippen LogP contribution in [0.3, 0.4) is 0 Å². The van der Waals surface area contributed by atoms with E-state index in [9.17, 15) is 30.0 Å². The van der Waals surface area contributed by atoms with E-state index in [-0.39, 0.29) is 11.1 Å². The molecule has 6 nitrogen and oxygen atoms in total. The van der Waals surface area contributed by atoms with Crippen LogP contribution in [0, 0.1) is 13.8 Å². The van der Waals surface area contributed by atoms with Crippen LogP contribution in [-0.2, 0) is 12.8 Å². The highest BCUT2D eigenvalue weighted by Crippen LogP contribution is 2.51. The summed E-state index contributed by atoms with van der Waals surface area (Å²) in [6.45, 7) is 3.17. The Morgan fingerprint density at radius 2 is 1.00 bits per heavy atom. The molecule has 0 heterocycles. The lowest BCUT2D eigenvalue weighted by molar-refractivity contribution is 0.111. The molecule has 0 saturated heterocycles. The Morgan fingerprint density at radius 1 is 0.667 bits per heavy atom. The summed E-state index contributed by atoms with van der Waals surface area (Å²) < 4.78 is 0. The Kier molecular flexibility index (Phi) is 3.48. The molecule has 0 spiro atoms. The average molecular weight is 328 g/mol. The van der Waals surface area contributed by atoms with Gasteiger partial charge in [-0.05, 0) is 48.9 Å². The normalized spacial score (nSPS) is 12.4. The molecule has 6 heteroatoms. The molecule has 0 unspecified atom stereocenters. The fourth-order valence-electron chi connectivity index (χ4n) is 3.55. The summed E-state index contributed by atoms with van der Waals surface area (Å²) in [5.74, 6) is -1.77. The number of aldehydes is 2. The van der Waals surface area contributed by atoms with Crippen LogP contribution in [0.4, 0.5) is 0 Å². The van der Waals surface area contributed by atoms with Crippen LogP contribution in [0.25, 0.3) is 11.1 Å². The van der Waals surface area contributed by atoms with Crippen molar-refractivity contribution >= 4 is 12.6 Å². The predicted molar refractivity (Wildman–Crippen MR) is 86.2 cm³/mol. The van der Waals surface area contributed by atoms with Crippen molar-refractivity contribution in [3.05, 3.63) is 33.4 Å². The summed E-state index contributed by atoms with van der Waals surface area (Å²) in [6.07, 6.45) is 1.67. The maximum atomic E-state index is 11.4. The van der Waals surface area contributed by atoms with Crippen LogP contribution in [0.15, 0.2) is 0 Å². The van der Waals surface area contributed by atoms with E-state index in [1.165, 1.54) is 0 Å². The topological polar surface area (TPSA) is 115 Å². The summed E-state index contributed by atoms with van der Waals surface area (Å²) >= 11 is 0. The van der Waals surface area contributed by atoms with Crippen LogP contribution in [-0.4, -0.2) is 33.0 Å². The van der Waals surface area contributed by atoms with E-state index in [0.717, 1.165) is 0 Å².